The topological polar surface area (TPSA) is 92.7 Å². The maximum Gasteiger partial charge on any atom is 0.328 e. The number of cyclic esters (lactones) is 1. The molecule has 2 atom stereocenters. The van der Waals surface area contributed by atoms with Crippen molar-refractivity contribution in [1.82, 2.24) is 5.32 Å². The predicted molar refractivity (Wildman–Crippen MR) is 73.6 cm³/mol. The number of rotatable bonds is 5. The summed E-state index contributed by atoms with van der Waals surface area (Å²) in [5.74, 6) is -2.04. The number of hydrogen-bond acceptors (Lipinski definition) is 4. The van der Waals surface area contributed by atoms with Crippen LogP contribution < -0.4 is 5.32 Å². The molecule has 2 unspecified atom stereocenters. The molecule has 6 nitrogen and oxygen atoms in total. The monoisotopic (exact) mass is 291 g/mol. The van der Waals surface area contributed by atoms with Gasteiger partial charge < -0.3 is 15.2 Å². The van der Waals surface area contributed by atoms with Crippen LogP contribution in [0, 0.1) is 0 Å². The maximum atomic E-state index is 12.1. The summed E-state index contributed by atoms with van der Waals surface area (Å²) < 4.78 is 4.76. The molecule has 1 aromatic carbocycles. The molecule has 1 amide bonds. The van der Waals surface area contributed by atoms with Gasteiger partial charge in [-0.25, -0.2) is 4.79 Å². The van der Waals surface area contributed by atoms with Gasteiger partial charge in [-0.2, -0.15) is 0 Å². The van der Waals surface area contributed by atoms with Crippen LogP contribution in [0.4, 0.5) is 0 Å². The molecule has 0 aliphatic carbocycles. The number of amides is 1. The molecule has 1 heterocycles. The van der Waals surface area contributed by atoms with Crippen molar-refractivity contribution in [3.05, 3.63) is 35.9 Å². The Bertz CT molecular complexity index is 556. The zero-order valence-corrected chi connectivity index (χ0v) is 11.7. The molecule has 2 rings (SSSR count). The molecule has 21 heavy (non-hydrogen) atoms. The number of esters is 1. The highest BCUT2D eigenvalue weighted by Crippen LogP contribution is 2.28. The molecule has 1 saturated heterocycles. The fourth-order valence-corrected chi connectivity index (χ4v) is 2.30. The highest BCUT2D eigenvalue weighted by Gasteiger charge is 2.38. The van der Waals surface area contributed by atoms with E-state index in [2.05, 4.69) is 5.32 Å². The van der Waals surface area contributed by atoms with Gasteiger partial charge in [-0.3, -0.25) is 9.59 Å². The third kappa shape index (κ3) is 3.21. The van der Waals surface area contributed by atoms with Gasteiger partial charge in [0.2, 0.25) is 5.91 Å². The quantitative estimate of drug-likeness (QED) is 0.785. The number of aliphatic carboxylic acids is 1. The number of hydrogen-bond donors (Lipinski definition) is 2. The van der Waals surface area contributed by atoms with Crippen molar-refractivity contribution in [3.63, 3.8) is 0 Å². The van der Waals surface area contributed by atoms with E-state index in [4.69, 9.17) is 4.74 Å². The van der Waals surface area contributed by atoms with E-state index in [1.54, 1.807) is 30.3 Å². The average Bonchev–Trinajstić information content (AvgIpc) is 2.84. The number of carboxylic acids is 1. The van der Waals surface area contributed by atoms with Crippen LogP contribution in [0.5, 0.6) is 0 Å². The lowest BCUT2D eigenvalue weighted by Crippen LogP contribution is -2.43. The predicted octanol–water partition coefficient (Wildman–Crippen LogP) is 0.851. The highest BCUT2D eigenvalue weighted by molar-refractivity contribution is 5.91. The van der Waals surface area contributed by atoms with E-state index >= 15 is 0 Å². The Labute approximate surface area is 122 Å². The van der Waals surface area contributed by atoms with Gasteiger partial charge in [-0.05, 0) is 12.5 Å². The van der Waals surface area contributed by atoms with E-state index < -0.39 is 29.3 Å². The van der Waals surface area contributed by atoms with Gasteiger partial charge in [0.25, 0.3) is 0 Å². The second kappa shape index (κ2) is 5.95. The fraction of sp³-hybridized carbons (Fsp3) is 0.400. The number of carbonyl (C=O) groups is 3. The zero-order chi connectivity index (χ0) is 15.5. The first-order valence-electron chi connectivity index (χ1n) is 6.68. The minimum atomic E-state index is -1.34. The van der Waals surface area contributed by atoms with E-state index in [1.165, 1.54) is 6.92 Å². The van der Waals surface area contributed by atoms with Crippen molar-refractivity contribution < 1.29 is 24.2 Å². The Morgan fingerprint density at radius 2 is 2.05 bits per heavy atom. The first kappa shape index (κ1) is 15.0. The summed E-state index contributed by atoms with van der Waals surface area (Å²) >= 11 is 0. The summed E-state index contributed by atoms with van der Waals surface area (Å²) in [4.78, 5) is 35.0. The number of carbonyl (C=O) groups excluding carboxylic acids is 2. The summed E-state index contributed by atoms with van der Waals surface area (Å²) in [7, 11) is 0. The maximum absolute atomic E-state index is 12.1. The van der Waals surface area contributed by atoms with Crippen LogP contribution in [0.1, 0.15) is 25.3 Å². The number of carboxylic acid groups (broad SMARTS) is 1. The Balaban J connectivity index is 2.11. The molecular weight excluding hydrogens is 274 g/mol. The van der Waals surface area contributed by atoms with Gasteiger partial charge in [0.05, 0.1) is 12.0 Å². The molecule has 1 aliphatic heterocycles. The van der Waals surface area contributed by atoms with Crippen molar-refractivity contribution in [2.75, 3.05) is 6.61 Å². The van der Waals surface area contributed by atoms with Crippen molar-refractivity contribution in [1.29, 1.82) is 0 Å². The minimum Gasteiger partial charge on any atom is -0.481 e. The second-order valence-electron chi connectivity index (χ2n) is 5.26. The molecule has 0 radical (unpaired) electrons. The van der Waals surface area contributed by atoms with Crippen LogP contribution in [-0.2, 0) is 24.5 Å². The molecule has 1 aromatic rings. The fourth-order valence-electron chi connectivity index (χ4n) is 2.30. The molecule has 0 spiro atoms. The SMILES string of the molecule is CC(CC(=O)NC1CCOC1=O)(C(=O)O)c1ccccc1. The van der Waals surface area contributed by atoms with Crippen LogP contribution in [-0.4, -0.2) is 35.6 Å². The van der Waals surface area contributed by atoms with Crippen LogP contribution in [0.3, 0.4) is 0 Å². The van der Waals surface area contributed by atoms with Crippen LogP contribution >= 0.6 is 0 Å². The lowest BCUT2D eigenvalue weighted by molar-refractivity contribution is -0.146. The van der Waals surface area contributed by atoms with Crippen molar-refractivity contribution >= 4 is 17.8 Å². The third-order valence-electron chi connectivity index (χ3n) is 3.67. The summed E-state index contributed by atoms with van der Waals surface area (Å²) in [5.41, 5.74) is -0.796. The van der Waals surface area contributed by atoms with E-state index in [0.29, 0.717) is 12.0 Å². The largest absolute Gasteiger partial charge is 0.481 e. The van der Waals surface area contributed by atoms with Gasteiger partial charge in [-0.1, -0.05) is 30.3 Å². The highest BCUT2D eigenvalue weighted by atomic mass is 16.5. The zero-order valence-electron chi connectivity index (χ0n) is 11.7. The average molecular weight is 291 g/mol. The molecular formula is C15H17NO5. The molecule has 6 heteroatoms. The minimum absolute atomic E-state index is 0.240. The summed E-state index contributed by atoms with van der Waals surface area (Å²) in [5, 5.41) is 12.0. The summed E-state index contributed by atoms with van der Waals surface area (Å²) in [6.07, 6.45) is 0.176. The first-order chi connectivity index (χ1) is 9.93. The first-order valence-corrected chi connectivity index (χ1v) is 6.68. The van der Waals surface area contributed by atoms with Gasteiger partial charge >= 0.3 is 11.9 Å². The standard InChI is InChI=1S/C15H17NO5/c1-15(14(19)20,10-5-3-2-4-6-10)9-12(17)16-11-7-8-21-13(11)18/h2-6,11H,7-9H2,1H3,(H,16,17)(H,19,20). The van der Waals surface area contributed by atoms with E-state index in [9.17, 15) is 19.5 Å². The van der Waals surface area contributed by atoms with Crippen LogP contribution in [0.2, 0.25) is 0 Å². The molecule has 1 fully saturated rings. The normalized spacial score (nSPS) is 20.4. The smallest absolute Gasteiger partial charge is 0.328 e. The molecule has 0 saturated carbocycles. The van der Waals surface area contributed by atoms with Crippen molar-refractivity contribution in [2.45, 2.75) is 31.2 Å². The van der Waals surface area contributed by atoms with Gasteiger partial charge in [0, 0.05) is 12.8 Å². The van der Waals surface area contributed by atoms with Crippen LogP contribution in [0.15, 0.2) is 30.3 Å². The molecule has 0 aromatic heterocycles. The Morgan fingerprint density at radius 3 is 2.57 bits per heavy atom. The Kier molecular flexibility index (Phi) is 4.26. The molecule has 1 aliphatic rings. The van der Waals surface area contributed by atoms with Gasteiger partial charge in [-0.15, -0.1) is 0 Å². The number of ether oxygens (including phenoxy) is 1. The lowest BCUT2D eigenvalue weighted by atomic mass is 9.79. The molecule has 2 N–H and O–H groups in total. The summed E-state index contributed by atoms with van der Waals surface area (Å²) in [6, 6.07) is 7.90. The van der Waals surface area contributed by atoms with E-state index in [0.717, 1.165) is 0 Å². The van der Waals surface area contributed by atoms with Gasteiger partial charge in [0.15, 0.2) is 0 Å². The van der Waals surface area contributed by atoms with Crippen molar-refractivity contribution in [3.8, 4) is 0 Å². The van der Waals surface area contributed by atoms with Gasteiger partial charge in [0.1, 0.15) is 6.04 Å². The summed E-state index contributed by atoms with van der Waals surface area (Å²) in [6.45, 7) is 1.77. The van der Waals surface area contributed by atoms with E-state index in [-0.39, 0.29) is 13.0 Å². The Morgan fingerprint density at radius 1 is 1.38 bits per heavy atom. The molecule has 0 bridgehead atoms. The Hall–Kier alpha value is -2.37. The van der Waals surface area contributed by atoms with Crippen LogP contribution in [0.25, 0.3) is 0 Å². The van der Waals surface area contributed by atoms with E-state index in [1.807, 2.05) is 0 Å². The lowest BCUT2D eigenvalue weighted by Gasteiger charge is -2.25. The number of nitrogens with one attached hydrogen (secondary N) is 1. The second-order valence-corrected chi connectivity index (χ2v) is 5.26. The number of benzene rings is 1. The third-order valence-corrected chi connectivity index (χ3v) is 3.67. The van der Waals surface area contributed by atoms with Crippen molar-refractivity contribution in [2.24, 2.45) is 0 Å². The molecule has 112 valence electrons.